The van der Waals surface area contributed by atoms with Gasteiger partial charge in [-0.05, 0) is 31.9 Å². The van der Waals surface area contributed by atoms with Crippen molar-refractivity contribution in [2.75, 3.05) is 18.0 Å². The van der Waals surface area contributed by atoms with Gasteiger partial charge < -0.3 is 9.64 Å². The first-order chi connectivity index (χ1) is 10.2. The number of nitrogens with zero attached hydrogens (tertiary/aromatic N) is 3. The standard InChI is InChI=1S/C16H18ClN3O/c1-12-10-16(20-8-4-5-9-20)19-15(18-12)11-21-14-7-3-2-6-13(14)17/h2-3,6-7,10H,4-5,8-9,11H2,1H3. The molecule has 21 heavy (non-hydrogen) atoms. The van der Waals surface area contributed by atoms with Crippen LogP contribution >= 0.6 is 11.6 Å². The quantitative estimate of drug-likeness (QED) is 0.864. The minimum atomic E-state index is 0.326. The highest BCUT2D eigenvalue weighted by molar-refractivity contribution is 6.32. The van der Waals surface area contributed by atoms with Crippen LogP contribution in [0.25, 0.3) is 0 Å². The van der Waals surface area contributed by atoms with Crippen LogP contribution in [0.15, 0.2) is 30.3 Å². The predicted molar refractivity (Wildman–Crippen MR) is 84.0 cm³/mol. The second-order valence-corrected chi connectivity index (χ2v) is 5.60. The second kappa shape index (κ2) is 6.31. The summed E-state index contributed by atoms with van der Waals surface area (Å²) < 4.78 is 5.72. The Morgan fingerprint density at radius 1 is 1.19 bits per heavy atom. The van der Waals surface area contributed by atoms with E-state index in [0.29, 0.717) is 23.2 Å². The van der Waals surface area contributed by atoms with Gasteiger partial charge in [0, 0.05) is 24.8 Å². The van der Waals surface area contributed by atoms with Crippen LogP contribution in [0.1, 0.15) is 24.4 Å². The number of hydrogen-bond donors (Lipinski definition) is 0. The van der Waals surface area contributed by atoms with Crippen LogP contribution < -0.4 is 9.64 Å². The van der Waals surface area contributed by atoms with E-state index in [0.717, 1.165) is 24.6 Å². The van der Waals surface area contributed by atoms with Crippen molar-refractivity contribution in [2.24, 2.45) is 0 Å². The zero-order chi connectivity index (χ0) is 14.7. The fourth-order valence-electron chi connectivity index (χ4n) is 2.49. The van der Waals surface area contributed by atoms with Crippen LogP contribution in [-0.4, -0.2) is 23.1 Å². The van der Waals surface area contributed by atoms with Crippen molar-refractivity contribution in [1.82, 2.24) is 9.97 Å². The molecule has 4 nitrogen and oxygen atoms in total. The molecule has 110 valence electrons. The number of para-hydroxylation sites is 1. The van der Waals surface area contributed by atoms with Gasteiger partial charge in [0.1, 0.15) is 18.2 Å². The van der Waals surface area contributed by atoms with E-state index in [-0.39, 0.29) is 0 Å². The number of aryl methyl sites for hydroxylation is 1. The van der Waals surface area contributed by atoms with Crippen LogP contribution in [0.2, 0.25) is 5.02 Å². The van der Waals surface area contributed by atoms with Gasteiger partial charge in [0.25, 0.3) is 0 Å². The molecule has 0 bridgehead atoms. The first kappa shape index (κ1) is 14.1. The number of hydrogen-bond acceptors (Lipinski definition) is 4. The second-order valence-electron chi connectivity index (χ2n) is 5.20. The first-order valence-corrected chi connectivity index (χ1v) is 7.57. The Morgan fingerprint density at radius 3 is 2.71 bits per heavy atom. The number of ether oxygens (including phenoxy) is 1. The molecule has 1 saturated heterocycles. The van der Waals surface area contributed by atoms with Gasteiger partial charge >= 0.3 is 0 Å². The van der Waals surface area contributed by atoms with Gasteiger partial charge in [-0.25, -0.2) is 9.97 Å². The summed E-state index contributed by atoms with van der Waals surface area (Å²) in [6.45, 7) is 4.45. The Morgan fingerprint density at radius 2 is 1.95 bits per heavy atom. The van der Waals surface area contributed by atoms with E-state index in [2.05, 4.69) is 14.9 Å². The van der Waals surface area contributed by atoms with Crippen LogP contribution in [-0.2, 0) is 6.61 Å². The highest BCUT2D eigenvalue weighted by Crippen LogP contribution is 2.24. The maximum atomic E-state index is 6.08. The molecule has 0 radical (unpaired) electrons. The van der Waals surface area contributed by atoms with E-state index in [1.165, 1.54) is 12.8 Å². The molecule has 0 saturated carbocycles. The fraction of sp³-hybridized carbons (Fsp3) is 0.375. The van der Waals surface area contributed by atoms with E-state index in [4.69, 9.17) is 16.3 Å². The Kier molecular flexibility index (Phi) is 4.25. The topological polar surface area (TPSA) is 38.2 Å². The summed E-state index contributed by atoms with van der Waals surface area (Å²) in [5.41, 5.74) is 0.963. The normalized spacial score (nSPS) is 14.5. The summed E-state index contributed by atoms with van der Waals surface area (Å²) in [6.07, 6.45) is 2.46. The predicted octanol–water partition coefficient (Wildman–Crippen LogP) is 3.62. The van der Waals surface area contributed by atoms with Gasteiger partial charge in [0.15, 0.2) is 5.82 Å². The van der Waals surface area contributed by atoms with Crippen LogP contribution in [0.5, 0.6) is 5.75 Å². The van der Waals surface area contributed by atoms with E-state index < -0.39 is 0 Å². The van der Waals surface area contributed by atoms with Crippen molar-refractivity contribution in [1.29, 1.82) is 0 Å². The van der Waals surface area contributed by atoms with E-state index in [1.54, 1.807) is 0 Å². The van der Waals surface area contributed by atoms with Crippen molar-refractivity contribution >= 4 is 17.4 Å². The van der Waals surface area contributed by atoms with Crippen molar-refractivity contribution in [3.8, 4) is 5.75 Å². The zero-order valence-electron chi connectivity index (χ0n) is 12.1. The summed E-state index contributed by atoms with van der Waals surface area (Å²) in [7, 11) is 0. The molecule has 1 aliphatic heterocycles. The highest BCUT2D eigenvalue weighted by atomic mass is 35.5. The molecular formula is C16H18ClN3O. The summed E-state index contributed by atoms with van der Waals surface area (Å²) in [5, 5.41) is 0.602. The summed E-state index contributed by atoms with van der Waals surface area (Å²) >= 11 is 6.08. The average molecular weight is 304 g/mol. The molecule has 0 amide bonds. The van der Waals surface area contributed by atoms with Crippen molar-refractivity contribution < 1.29 is 4.74 Å². The number of halogens is 1. The zero-order valence-corrected chi connectivity index (χ0v) is 12.8. The molecule has 1 aromatic heterocycles. The number of aromatic nitrogens is 2. The lowest BCUT2D eigenvalue weighted by Crippen LogP contribution is -2.20. The molecule has 3 rings (SSSR count). The van der Waals surface area contributed by atoms with Gasteiger partial charge in [-0.15, -0.1) is 0 Å². The Bertz CT molecular complexity index is 627. The lowest BCUT2D eigenvalue weighted by atomic mass is 10.3. The summed E-state index contributed by atoms with van der Waals surface area (Å²) in [6, 6.07) is 9.46. The largest absolute Gasteiger partial charge is 0.484 e. The van der Waals surface area contributed by atoms with Crippen LogP contribution in [0, 0.1) is 6.92 Å². The maximum absolute atomic E-state index is 6.08. The van der Waals surface area contributed by atoms with Crippen LogP contribution in [0.3, 0.4) is 0 Å². The minimum Gasteiger partial charge on any atom is -0.484 e. The highest BCUT2D eigenvalue weighted by Gasteiger charge is 2.15. The molecule has 2 heterocycles. The number of anilines is 1. The molecule has 0 N–H and O–H groups in total. The molecule has 0 aliphatic carbocycles. The van der Waals surface area contributed by atoms with Gasteiger partial charge in [0.2, 0.25) is 0 Å². The van der Waals surface area contributed by atoms with Gasteiger partial charge in [-0.1, -0.05) is 23.7 Å². The third kappa shape index (κ3) is 3.45. The molecule has 1 aromatic carbocycles. The smallest absolute Gasteiger partial charge is 0.168 e. The van der Waals surface area contributed by atoms with Crippen molar-refractivity contribution in [3.63, 3.8) is 0 Å². The third-order valence-corrected chi connectivity index (χ3v) is 3.82. The molecular weight excluding hydrogens is 286 g/mol. The first-order valence-electron chi connectivity index (χ1n) is 7.19. The Balaban J connectivity index is 1.74. The molecule has 0 unspecified atom stereocenters. The van der Waals surface area contributed by atoms with E-state index in [9.17, 15) is 0 Å². The lowest BCUT2D eigenvalue weighted by Gasteiger charge is -2.17. The van der Waals surface area contributed by atoms with Gasteiger partial charge in [-0.2, -0.15) is 0 Å². The maximum Gasteiger partial charge on any atom is 0.168 e. The summed E-state index contributed by atoms with van der Waals surface area (Å²) in [5.74, 6) is 2.35. The average Bonchev–Trinajstić information content (AvgIpc) is 3.00. The van der Waals surface area contributed by atoms with Crippen molar-refractivity contribution in [3.05, 3.63) is 46.9 Å². The Hall–Kier alpha value is -1.81. The summed E-state index contributed by atoms with van der Waals surface area (Å²) in [4.78, 5) is 11.4. The molecule has 0 spiro atoms. The Labute approximate surface area is 129 Å². The molecule has 5 heteroatoms. The van der Waals surface area contributed by atoms with E-state index in [1.807, 2.05) is 37.3 Å². The fourth-order valence-corrected chi connectivity index (χ4v) is 2.68. The minimum absolute atomic E-state index is 0.326. The lowest BCUT2D eigenvalue weighted by molar-refractivity contribution is 0.296. The van der Waals surface area contributed by atoms with E-state index >= 15 is 0 Å². The molecule has 1 fully saturated rings. The van der Waals surface area contributed by atoms with Gasteiger partial charge in [-0.3, -0.25) is 0 Å². The number of benzene rings is 1. The monoisotopic (exact) mass is 303 g/mol. The molecule has 1 aliphatic rings. The SMILES string of the molecule is Cc1cc(N2CCCC2)nc(COc2ccccc2Cl)n1. The van der Waals surface area contributed by atoms with Crippen molar-refractivity contribution in [2.45, 2.75) is 26.4 Å². The molecule has 2 aromatic rings. The van der Waals surface area contributed by atoms with Crippen LogP contribution in [0.4, 0.5) is 5.82 Å². The third-order valence-electron chi connectivity index (χ3n) is 3.51. The molecule has 0 atom stereocenters. The van der Waals surface area contributed by atoms with Gasteiger partial charge in [0.05, 0.1) is 5.02 Å². The number of rotatable bonds is 4.